The molecule has 1 fully saturated rings. The van der Waals surface area contributed by atoms with Crippen molar-refractivity contribution < 1.29 is 144 Å². The predicted octanol–water partition coefficient (Wildman–Crippen LogP) is 0.0778. The van der Waals surface area contributed by atoms with Crippen LogP contribution in [0.4, 0.5) is 0 Å². The first-order valence-electron chi connectivity index (χ1n) is 22.4. The van der Waals surface area contributed by atoms with Crippen molar-refractivity contribution in [2.75, 3.05) is 6.61 Å². The summed E-state index contributed by atoms with van der Waals surface area (Å²) in [6.07, 6.45) is -15.1. The number of carbonyl (C=O) groups excluding carboxylic acids is 5. The lowest BCUT2D eigenvalue weighted by atomic mass is 9.63. The second-order valence-electron chi connectivity index (χ2n) is 18.4. The predicted molar refractivity (Wildman–Crippen MR) is 241 cm³/mol. The van der Waals surface area contributed by atoms with Crippen LogP contribution in [-0.4, -0.2) is 166 Å². The number of aliphatic hydroxyl groups is 3. The summed E-state index contributed by atoms with van der Waals surface area (Å²) in [5.74, 6) is -35.7. The van der Waals surface area contributed by atoms with Crippen molar-refractivity contribution in [3.63, 3.8) is 0 Å². The quantitative estimate of drug-likeness (QED) is 0.0646. The molecular formula is C49H34O29. The zero-order valence-corrected chi connectivity index (χ0v) is 38.5. The van der Waals surface area contributed by atoms with Crippen LogP contribution in [0.1, 0.15) is 65.3 Å². The number of hydrogen-bond donors (Lipinski definition) is 16. The van der Waals surface area contributed by atoms with Crippen molar-refractivity contribution in [3.8, 4) is 91.6 Å². The molecular weight excluding hydrogens is 1050 g/mol. The van der Waals surface area contributed by atoms with E-state index in [2.05, 4.69) is 0 Å². The summed E-state index contributed by atoms with van der Waals surface area (Å²) < 4.78 is 40.7. The summed E-state index contributed by atoms with van der Waals surface area (Å²) in [6.45, 7) is -1.49. The van der Waals surface area contributed by atoms with Gasteiger partial charge in [-0.2, -0.15) is 0 Å². The Morgan fingerprint density at radius 2 is 1.06 bits per heavy atom. The molecule has 1 spiro atoms. The van der Waals surface area contributed by atoms with E-state index in [1.165, 1.54) is 6.07 Å². The first-order valence-corrected chi connectivity index (χ1v) is 22.4. The molecule has 5 aromatic carbocycles. The number of phenolic OH excluding ortho intramolecular Hbond substituents is 12. The monoisotopic (exact) mass is 1090 g/mol. The highest BCUT2D eigenvalue weighted by Gasteiger charge is 2.81. The Hall–Kier alpha value is -10.3. The van der Waals surface area contributed by atoms with Crippen molar-refractivity contribution in [2.45, 2.75) is 60.4 Å². The van der Waals surface area contributed by atoms with E-state index in [1.54, 1.807) is 0 Å². The maximum absolute atomic E-state index is 15.1. The first kappa shape index (κ1) is 49.9. The third-order valence-electron chi connectivity index (χ3n) is 14.2. The zero-order valence-electron chi connectivity index (χ0n) is 38.5. The average Bonchev–Trinajstić information content (AvgIpc) is 3.54. The van der Waals surface area contributed by atoms with E-state index >= 15 is 4.79 Å². The molecule has 29 heteroatoms. The number of carboxylic acids is 1. The zero-order chi connectivity index (χ0) is 56.3. The highest BCUT2D eigenvalue weighted by Crippen LogP contribution is 2.67. The fraction of sp³-hybridized carbons (Fsp3) is 0.224. The fourth-order valence-electron chi connectivity index (χ4n) is 10.7. The number of aromatic hydroxyl groups is 12. The van der Waals surface area contributed by atoms with Crippen LogP contribution in [0.3, 0.4) is 0 Å². The van der Waals surface area contributed by atoms with Crippen LogP contribution in [0, 0.1) is 0 Å². The molecule has 0 amide bonds. The van der Waals surface area contributed by atoms with E-state index < -0.39 is 233 Å². The largest absolute Gasteiger partial charge is 0.507 e. The molecule has 29 nitrogen and oxygen atoms in total. The molecule has 7 heterocycles. The van der Waals surface area contributed by atoms with Gasteiger partial charge in [0.15, 0.2) is 64.3 Å². The minimum Gasteiger partial charge on any atom is -0.507 e. The van der Waals surface area contributed by atoms with Crippen LogP contribution in [0.25, 0.3) is 16.7 Å². The van der Waals surface area contributed by atoms with E-state index in [0.29, 0.717) is 18.2 Å². The van der Waals surface area contributed by atoms with Gasteiger partial charge in [0.2, 0.25) is 22.8 Å². The summed E-state index contributed by atoms with van der Waals surface area (Å²) in [7, 11) is 0. The molecule has 0 aromatic heterocycles. The molecule has 0 aliphatic carbocycles. The smallest absolute Gasteiger partial charge is 0.382 e. The van der Waals surface area contributed by atoms with Crippen molar-refractivity contribution in [3.05, 3.63) is 87.0 Å². The van der Waals surface area contributed by atoms with Crippen molar-refractivity contribution in [1.29, 1.82) is 0 Å². The lowest BCUT2D eigenvalue weighted by molar-refractivity contribution is -0.281. The highest BCUT2D eigenvalue weighted by atomic mass is 16.7. The molecule has 12 rings (SSSR count). The van der Waals surface area contributed by atoms with Crippen molar-refractivity contribution in [1.82, 2.24) is 0 Å². The second-order valence-corrected chi connectivity index (χ2v) is 18.4. The molecule has 0 saturated carbocycles. The van der Waals surface area contributed by atoms with Gasteiger partial charge in [0.1, 0.15) is 41.6 Å². The Bertz CT molecular complexity index is 3670. The fourth-order valence-corrected chi connectivity index (χ4v) is 10.7. The van der Waals surface area contributed by atoms with E-state index in [9.17, 15) is 106 Å². The molecule has 7 aliphatic rings. The Labute approximate surface area is 429 Å². The highest BCUT2D eigenvalue weighted by molar-refractivity contribution is 6.28. The minimum atomic E-state index is -4.29. The van der Waals surface area contributed by atoms with Gasteiger partial charge in [-0.3, -0.25) is 0 Å². The third-order valence-corrected chi connectivity index (χ3v) is 14.2. The van der Waals surface area contributed by atoms with Crippen LogP contribution < -0.4 is 9.47 Å². The normalized spacial score (nSPS) is 26.8. The molecule has 0 unspecified atom stereocenters. The van der Waals surface area contributed by atoms with Gasteiger partial charge in [0.25, 0.3) is 0 Å². The van der Waals surface area contributed by atoms with E-state index in [-0.39, 0.29) is 11.1 Å². The standard InChI is InChI=1S/C49H34O29/c50-15-2-1-10(3-17(15)52)37-21(56)4-11-16(51)8-23-27(38(11)73-37)29-40-41(39-22(57)9-72-42(64)12-5-18(53)31(58)34(61)24(12)25-13(43(65)74-39)6-19(54)32(59)35(25)62)76-44(66)14-7-20(55)33(60)36(63)26(14)28-30(46(68)75-40)48(29,77-23)49(71,47(69)70)78-45(28)67/h1-3,5-8,21-22,29,37,39-41,50-63,71H,4,9H2,(H,69,70)/t21-,22+,29+,37+,39+,40-,41-,48+,49-/m0/s1. The molecule has 5 aromatic rings. The van der Waals surface area contributed by atoms with E-state index in [4.69, 9.17) is 33.2 Å². The van der Waals surface area contributed by atoms with Crippen LogP contribution >= 0.6 is 0 Å². The number of fused-ring (bicyclic) bond motifs is 9. The maximum Gasteiger partial charge on any atom is 0.382 e. The van der Waals surface area contributed by atoms with Crippen LogP contribution in [0.2, 0.25) is 0 Å². The Morgan fingerprint density at radius 1 is 0.526 bits per heavy atom. The summed E-state index contributed by atoms with van der Waals surface area (Å²) in [6, 6.07) is 4.95. The van der Waals surface area contributed by atoms with Crippen LogP contribution in [0.5, 0.6) is 80.5 Å². The number of benzene rings is 5. The Morgan fingerprint density at radius 3 is 1.64 bits per heavy atom. The topological polar surface area (TPSA) is 491 Å². The number of aliphatic carboxylic acids is 1. The lowest BCUT2D eigenvalue weighted by Crippen LogP contribution is -2.74. The summed E-state index contributed by atoms with van der Waals surface area (Å²) in [5.41, 5.74) is -14.8. The van der Waals surface area contributed by atoms with Crippen LogP contribution in [-0.2, 0) is 44.5 Å². The first-order chi connectivity index (χ1) is 36.7. The number of hydrogen-bond acceptors (Lipinski definition) is 28. The average molecular weight is 1090 g/mol. The minimum absolute atomic E-state index is 0.0952. The summed E-state index contributed by atoms with van der Waals surface area (Å²) in [5, 5.41) is 178. The number of aliphatic hydroxyl groups excluding tert-OH is 2. The Kier molecular flexibility index (Phi) is 10.6. The number of phenols is 12. The van der Waals surface area contributed by atoms with Gasteiger partial charge in [-0.1, -0.05) is 6.07 Å². The summed E-state index contributed by atoms with van der Waals surface area (Å²) >= 11 is 0. The number of esters is 5. The molecule has 0 radical (unpaired) electrons. The lowest BCUT2D eigenvalue weighted by Gasteiger charge is -2.52. The Balaban J connectivity index is 1.22. The second kappa shape index (κ2) is 16.6. The third kappa shape index (κ3) is 6.57. The summed E-state index contributed by atoms with van der Waals surface area (Å²) in [4.78, 5) is 86.9. The van der Waals surface area contributed by atoms with Gasteiger partial charge in [-0.15, -0.1) is 0 Å². The molecule has 7 aliphatic heterocycles. The molecule has 4 bridgehead atoms. The number of carbonyl (C=O) groups is 6. The van der Waals surface area contributed by atoms with Gasteiger partial charge in [-0.25, -0.2) is 28.8 Å². The van der Waals surface area contributed by atoms with Crippen molar-refractivity contribution in [2.24, 2.45) is 0 Å². The maximum atomic E-state index is 15.1. The number of ether oxygens (including phenoxy) is 7. The van der Waals surface area contributed by atoms with Gasteiger partial charge < -0.3 is 115 Å². The SMILES string of the molecule is O=C1O[C@@](O)(C(=O)O)[C@@]23Oc4cc(O)c5c(c4[C@@H]2[C@@H]2OC(=O)C3=C1c1c(cc(O)c(O)c1O)C(=O)O[C@H]2[C@@H]1OC(=O)c2cc(O)c(O)c(O)c2-c2c(cc(O)c(O)c2O)C(=O)OC[C@H]1O)O[C@H](c1ccc(O)c(O)c1)[C@@H](O)C5. The van der Waals surface area contributed by atoms with E-state index in [1.807, 2.05) is 0 Å². The molecule has 16 N–H and O–H groups in total. The number of rotatable bonds is 3. The van der Waals surface area contributed by atoms with Gasteiger partial charge in [0.05, 0.1) is 39.8 Å². The van der Waals surface area contributed by atoms with E-state index in [0.717, 1.165) is 18.2 Å². The molecule has 404 valence electrons. The molecule has 9 atom stereocenters. The van der Waals surface area contributed by atoms with Crippen LogP contribution in [0.15, 0.2) is 48.0 Å². The number of carboxylic acid groups (broad SMARTS) is 1. The van der Waals surface area contributed by atoms with Crippen molar-refractivity contribution >= 4 is 41.4 Å². The molecule has 78 heavy (non-hydrogen) atoms. The van der Waals surface area contributed by atoms with Gasteiger partial charge >= 0.3 is 41.6 Å². The molecule has 1 saturated heterocycles. The number of cyclic esters (lactones) is 3. The van der Waals surface area contributed by atoms with Gasteiger partial charge in [-0.05, 0) is 35.9 Å². The van der Waals surface area contributed by atoms with Gasteiger partial charge in [0, 0.05) is 34.7 Å².